The van der Waals surface area contributed by atoms with Crippen LogP contribution in [0.2, 0.25) is 0 Å². The Morgan fingerprint density at radius 1 is 0.702 bits per heavy atom. The highest BCUT2D eigenvalue weighted by Crippen LogP contribution is 2.43. The molecule has 8 nitrogen and oxygen atoms in total. The number of rotatable bonds is 34. The highest BCUT2D eigenvalue weighted by molar-refractivity contribution is 7.47. The van der Waals surface area contributed by atoms with E-state index in [1.807, 2.05) is 27.2 Å². The monoisotopic (exact) mass is 688 g/mol. The van der Waals surface area contributed by atoms with E-state index in [1.54, 1.807) is 6.08 Å². The minimum atomic E-state index is -4.32. The van der Waals surface area contributed by atoms with Gasteiger partial charge in [0.25, 0.3) is 0 Å². The van der Waals surface area contributed by atoms with E-state index in [4.69, 9.17) is 9.05 Å². The number of nitrogens with one attached hydrogen (secondary N) is 1. The Hall–Kier alpha value is -1.02. The third-order valence-electron chi connectivity index (χ3n) is 8.42. The average Bonchev–Trinajstić information content (AvgIpc) is 3.01. The molecular weight excluding hydrogens is 611 g/mol. The van der Waals surface area contributed by atoms with Crippen molar-refractivity contribution < 1.29 is 32.9 Å². The van der Waals surface area contributed by atoms with Gasteiger partial charge < -0.3 is 19.8 Å². The van der Waals surface area contributed by atoms with Crippen molar-refractivity contribution in [2.75, 3.05) is 40.9 Å². The lowest BCUT2D eigenvalue weighted by Gasteiger charge is -2.25. The molecule has 0 aliphatic rings. The Labute approximate surface area is 290 Å². The third-order valence-corrected chi connectivity index (χ3v) is 9.41. The summed E-state index contributed by atoms with van der Waals surface area (Å²) in [6.45, 7) is 4.60. The number of amides is 1. The van der Waals surface area contributed by atoms with Crippen molar-refractivity contribution >= 4 is 13.7 Å². The standard InChI is InChI=1S/C38H75N2O6P/c1-6-8-10-11-12-13-14-15-16-17-18-19-20-21-22-23-24-25-26-27-28-30-31-37(41)36(39-38(42)32-29-9-7-2)35-46-47(43,44)45-34-33-40(3,4)5/h25-26,30-31,36-37,41H,6-24,27-29,32-35H2,1-5H3,(H-,39,42,43,44)/p+1/b26-25+,31-30+. The maximum atomic E-state index is 12.4. The molecule has 0 aromatic rings. The molecule has 3 atom stereocenters. The molecule has 1 amide bonds. The van der Waals surface area contributed by atoms with Crippen LogP contribution in [0.5, 0.6) is 0 Å². The van der Waals surface area contributed by atoms with Gasteiger partial charge >= 0.3 is 7.82 Å². The van der Waals surface area contributed by atoms with E-state index in [2.05, 4.69) is 31.3 Å². The number of hydrogen-bond acceptors (Lipinski definition) is 5. The van der Waals surface area contributed by atoms with Crippen LogP contribution in [0.15, 0.2) is 24.3 Å². The summed E-state index contributed by atoms with van der Waals surface area (Å²) in [6, 6.07) is -0.853. The Morgan fingerprint density at radius 2 is 1.17 bits per heavy atom. The van der Waals surface area contributed by atoms with Crippen LogP contribution in [0.4, 0.5) is 0 Å². The summed E-state index contributed by atoms with van der Waals surface area (Å²) in [6.07, 6.45) is 34.8. The number of phosphoric acid groups is 1. The molecule has 0 aliphatic carbocycles. The summed E-state index contributed by atoms with van der Waals surface area (Å²) >= 11 is 0. The Balaban J connectivity index is 4.16. The minimum Gasteiger partial charge on any atom is -0.387 e. The van der Waals surface area contributed by atoms with Gasteiger partial charge in [-0.2, -0.15) is 0 Å². The van der Waals surface area contributed by atoms with Crippen LogP contribution in [0.1, 0.15) is 162 Å². The van der Waals surface area contributed by atoms with Crippen molar-refractivity contribution in [3.8, 4) is 0 Å². The molecule has 0 heterocycles. The zero-order valence-corrected chi connectivity index (χ0v) is 32.2. The maximum Gasteiger partial charge on any atom is 0.472 e. The first-order chi connectivity index (χ1) is 22.5. The van der Waals surface area contributed by atoms with E-state index in [9.17, 15) is 19.4 Å². The van der Waals surface area contributed by atoms with Crippen molar-refractivity contribution in [1.82, 2.24) is 5.32 Å². The van der Waals surface area contributed by atoms with Crippen molar-refractivity contribution in [3.63, 3.8) is 0 Å². The predicted molar refractivity (Wildman–Crippen MR) is 198 cm³/mol. The van der Waals surface area contributed by atoms with Gasteiger partial charge in [-0.15, -0.1) is 0 Å². The number of quaternary nitrogens is 1. The third kappa shape index (κ3) is 33.3. The largest absolute Gasteiger partial charge is 0.472 e. The Kier molecular flexibility index (Phi) is 30.3. The molecule has 0 fully saturated rings. The number of hydrogen-bond donors (Lipinski definition) is 3. The fourth-order valence-corrected chi connectivity index (χ4v) is 6.03. The zero-order chi connectivity index (χ0) is 35.1. The van der Waals surface area contributed by atoms with Gasteiger partial charge in [-0.1, -0.05) is 147 Å². The summed E-state index contributed by atoms with van der Waals surface area (Å²) in [7, 11) is 1.55. The molecule has 3 N–H and O–H groups in total. The molecule has 3 unspecified atom stereocenters. The first kappa shape index (κ1) is 46.0. The SMILES string of the molecule is CCCCCCCCCCCCCCCCCC/C=C/CC/C=C/C(O)C(COP(=O)(O)OCC[N+](C)(C)C)NC(=O)CCCCC. The Morgan fingerprint density at radius 3 is 1.70 bits per heavy atom. The molecule has 0 spiro atoms. The van der Waals surface area contributed by atoms with Gasteiger partial charge in [0.2, 0.25) is 5.91 Å². The van der Waals surface area contributed by atoms with Gasteiger partial charge in [0.1, 0.15) is 13.2 Å². The summed E-state index contributed by atoms with van der Waals surface area (Å²) in [5.74, 6) is -0.213. The fourth-order valence-electron chi connectivity index (χ4n) is 5.29. The lowest BCUT2D eigenvalue weighted by molar-refractivity contribution is -0.870. The van der Waals surface area contributed by atoms with E-state index in [1.165, 1.54) is 103 Å². The Bertz CT molecular complexity index is 829. The maximum absolute atomic E-state index is 12.4. The van der Waals surface area contributed by atoms with Gasteiger partial charge in [-0.05, 0) is 32.1 Å². The molecule has 0 bridgehead atoms. The molecule has 0 radical (unpaired) electrons. The number of carbonyl (C=O) groups excluding carboxylic acids is 1. The van der Waals surface area contributed by atoms with Gasteiger partial charge in [0, 0.05) is 6.42 Å². The molecule has 0 aromatic heterocycles. The van der Waals surface area contributed by atoms with Crippen molar-refractivity contribution in [1.29, 1.82) is 0 Å². The van der Waals surface area contributed by atoms with Gasteiger partial charge in [-0.25, -0.2) is 4.57 Å². The molecule has 0 aliphatic heterocycles. The summed E-state index contributed by atoms with van der Waals surface area (Å²) in [5.41, 5.74) is 0. The molecule has 0 rings (SSSR count). The first-order valence-corrected chi connectivity index (χ1v) is 20.7. The smallest absolute Gasteiger partial charge is 0.387 e. The predicted octanol–water partition coefficient (Wildman–Crippen LogP) is 9.80. The number of allylic oxidation sites excluding steroid dienone is 3. The normalized spacial score (nSPS) is 15.0. The van der Waals surface area contributed by atoms with E-state index in [0.717, 1.165) is 38.5 Å². The van der Waals surface area contributed by atoms with Crippen molar-refractivity contribution in [3.05, 3.63) is 24.3 Å². The zero-order valence-electron chi connectivity index (χ0n) is 31.3. The van der Waals surface area contributed by atoms with Gasteiger partial charge in [0.05, 0.1) is 39.9 Å². The van der Waals surface area contributed by atoms with E-state index < -0.39 is 20.0 Å². The molecular formula is C38H76N2O6P+. The van der Waals surface area contributed by atoms with Crippen LogP contribution in [0, 0.1) is 0 Å². The van der Waals surface area contributed by atoms with Crippen LogP contribution in [-0.2, 0) is 18.4 Å². The van der Waals surface area contributed by atoms with Gasteiger partial charge in [-0.3, -0.25) is 13.8 Å². The lowest BCUT2D eigenvalue weighted by atomic mass is 10.0. The van der Waals surface area contributed by atoms with Gasteiger partial charge in [0.15, 0.2) is 0 Å². The highest BCUT2D eigenvalue weighted by Gasteiger charge is 2.27. The summed E-state index contributed by atoms with van der Waals surface area (Å²) < 4.78 is 23.2. The molecule has 9 heteroatoms. The number of unbranched alkanes of at least 4 members (excludes halogenated alkanes) is 19. The lowest BCUT2D eigenvalue weighted by Crippen LogP contribution is -2.45. The number of phosphoric ester groups is 1. The second kappa shape index (κ2) is 31.0. The van der Waals surface area contributed by atoms with E-state index >= 15 is 0 Å². The summed E-state index contributed by atoms with van der Waals surface area (Å²) in [4.78, 5) is 22.5. The number of nitrogens with zero attached hydrogens (tertiary/aromatic N) is 1. The molecule has 278 valence electrons. The molecule has 47 heavy (non-hydrogen) atoms. The van der Waals surface area contributed by atoms with Crippen molar-refractivity contribution in [2.24, 2.45) is 0 Å². The van der Waals surface area contributed by atoms with E-state index in [0.29, 0.717) is 17.4 Å². The van der Waals surface area contributed by atoms with E-state index in [-0.39, 0.29) is 19.1 Å². The number of aliphatic hydroxyl groups excluding tert-OH is 1. The number of aliphatic hydroxyl groups is 1. The second-order valence-corrected chi connectivity index (χ2v) is 15.8. The van der Waals surface area contributed by atoms with Crippen LogP contribution in [-0.4, -0.2) is 73.4 Å². The minimum absolute atomic E-state index is 0.0563. The molecule has 0 saturated heterocycles. The van der Waals surface area contributed by atoms with Crippen LogP contribution in [0.25, 0.3) is 0 Å². The molecule has 0 aromatic carbocycles. The number of likely N-dealkylation sites (N-methyl/N-ethyl adjacent to an activating group) is 1. The average molecular weight is 688 g/mol. The quantitative estimate of drug-likeness (QED) is 0.0269. The van der Waals surface area contributed by atoms with Crippen LogP contribution in [0.3, 0.4) is 0 Å². The second-order valence-electron chi connectivity index (χ2n) is 14.3. The molecule has 0 saturated carbocycles. The first-order valence-electron chi connectivity index (χ1n) is 19.2. The topological polar surface area (TPSA) is 105 Å². The van der Waals surface area contributed by atoms with Crippen LogP contribution >= 0.6 is 7.82 Å². The van der Waals surface area contributed by atoms with Crippen LogP contribution < -0.4 is 5.32 Å². The van der Waals surface area contributed by atoms with Crippen molar-refractivity contribution in [2.45, 2.75) is 174 Å². The number of carbonyl (C=O) groups is 1. The fraction of sp³-hybridized carbons (Fsp3) is 0.868. The highest BCUT2D eigenvalue weighted by atomic mass is 31.2. The summed E-state index contributed by atoms with van der Waals surface area (Å²) in [5, 5.41) is 13.5.